The highest BCUT2D eigenvalue weighted by Crippen LogP contribution is 2.25. The lowest BCUT2D eigenvalue weighted by Gasteiger charge is -2.34. The monoisotopic (exact) mass is 480 g/mol. The first-order valence-electron chi connectivity index (χ1n) is 11.8. The lowest BCUT2D eigenvalue weighted by molar-refractivity contribution is -0.127. The van der Waals surface area contributed by atoms with Gasteiger partial charge in [-0.05, 0) is 37.1 Å². The van der Waals surface area contributed by atoms with Crippen molar-refractivity contribution in [2.45, 2.75) is 38.6 Å². The molecule has 0 radical (unpaired) electrons. The molecule has 1 aromatic carbocycles. The molecule has 3 atom stereocenters. The summed E-state index contributed by atoms with van der Waals surface area (Å²) in [5.74, 6) is 0.761. The third-order valence-corrected chi connectivity index (χ3v) is 6.44. The lowest BCUT2D eigenvalue weighted by Crippen LogP contribution is -2.47. The molecule has 2 N–H and O–H groups in total. The number of carbonyl (C=O) groups excluding carboxylic acids is 2. The van der Waals surface area contributed by atoms with Crippen LogP contribution in [0.1, 0.15) is 31.0 Å². The first-order valence-corrected chi connectivity index (χ1v) is 11.8. The van der Waals surface area contributed by atoms with Crippen LogP contribution < -0.4 is 10.2 Å². The van der Waals surface area contributed by atoms with Crippen molar-refractivity contribution in [2.24, 2.45) is 0 Å². The van der Waals surface area contributed by atoms with Gasteiger partial charge in [-0.1, -0.05) is 30.8 Å². The van der Waals surface area contributed by atoms with Crippen molar-refractivity contribution in [1.29, 1.82) is 0 Å². The molecule has 2 amide bonds. The number of aliphatic hydroxyl groups is 1. The summed E-state index contributed by atoms with van der Waals surface area (Å²) in [5.41, 5.74) is 2.28. The molecule has 2 aliphatic rings. The highest BCUT2D eigenvalue weighted by atomic mass is 16.6. The van der Waals surface area contributed by atoms with Crippen LogP contribution in [0.2, 0.25) is 0 Å². The van der Waals surface area contributed by atoms with Crippen LogP contribution in [0, 0.1) is 0 Å². The van der Waals surface area contributed by atoms with E-state index in [0.717, 1.165) is 38.3 Å². The summed E-state index contributed by atoms with van der Waals surface area (Å²) >= 11 is 0. The summed E-state index contributed by atoms with van der Waals surface area (Å²) in [7, 11) is 0. The zero-order valence-corrected chi connectivity index (χ0v) is 20.1. The number of nitrogens with one attached hydrogen (secondary N) is 1. The van der Waals surface area contributed by atoms with Gasteiger partial charge in [0.15, 0.2) is 0 Å². The van der Waals surface area contributed by atoms with E-state index in [4.69, 9.17) is 4.74 Å². The molecule has 4 rings (SSSR count). The molecule has 0 saturated carbocycles. The fourth-order valence-electron chi connectivity index (χ4n) is 4.31. The Labute approximate surface area is 205 Å². The number of nitrogens with zero attached hydrogens (tertiary/aromatic N) is 5. The SMILES string of the molecule is C=CC(=O)N1CCN(Cc2ccc(C(C)Nc3nccc(N4C(=O)OC[C@@H]4C(C)O)n3)cc2)CC1. The average molecular weight is 481 g/mol. The number of anilines is 2. The number of benzene rings is 1. The number of aromatic nitrogens is 2. The van der Waals surface area contributed by atoms with Gasteiger partial charge in [-0.2, -0.15) is 4.98 Å². The molecule has 0 aliphatic carbocycles. The Morgan fingerprint density at radius 3 is 2.60 bits per heavy atom. The number of ether oxygens (including phenoxy) is 1. The van der Waals surface area contributed by atoms with E-state index in [0.29, 0.717) is 11.8 Å². The fourth-order valence-corrected chi connectivity index (χ4v) is 4.31. The molecule has 2 saturated heterocycles. The van der Waals surface area contributed by atoms with Crippen molar-refractivity contribution in [3.8, 4) is 0 Å². The van der Waals surface area contributed by atoms with Gasteiger partial charge in [0.25, 0.3) is 0 Å². The Hall–Kier alpha value is -3.50. The second kappa shape index (κ2) is 10.8. The van der Waals surface area contributed by atoms with Crippen LogP contribution in [-0.2, 0) is 16.1 Å². The van der Waals surface area contributed by atoms with Crippen LogP contribution in [0.3, 0.4) is 0 Å². The van der Waals surface area contributed by atoms with Crippen molar-refractivity contribution >= 4 is 23.8 Å². The number of rotatable bonds is 8. The largest absolute Gasteiger partial charge is 0.447 e. The molecule has 2 unspecified atom stereocenters. The number of cyclic esters (lactones) is 1. The molecule has 0 spiro atoms. The van der Waals surface area contributed by atoms with Crippen molar-refractivity contribution < 1.29 is 19.4 Å². The van der Waals surface area contributed by atoms with Crippen molar-refractivity contribution in [3.63, 3.8) is 0 Å². The summed E-state index contributed by atoms with van der Waals surface area (Å²) in [6.07, 6.45) is 1.67. The second-order valence-electron chi connectivity index (χ2n) is 8.91. The van der Waals surface area contributed by atoms with Gasteiger partial charge in [0.1, 0.15) is 18.5 Å². The van der Waals surface area contributed by atoms with E-state index in [9.17, 15) is 14.7 Å². The molecule has 35 heavy (non-hydrogen) atoms. The summed E-state index contributed by atoms with van der Waals surface area (Å²) in [6.45, 7) is 11.3. The van der Waals surface area contributed by atoms with E-state index in [-0.39, 0.29) is 18.6 Å². The Balaban J connectivity index is 1.35. The summed E-state index contributed by atoms with van der Waals surface area (Å²) in [6, 6.07) is 9.45. The van der Waals surface area contributed by atoms with Crippen LogP contribution in [0.5, 0.6) is 0 Å². The van der Waals surface area contributed by atoms with Crippen LogP contribution in [-0.4, -0.2) is 81.8 Å². The number of aliphatic hydroxyl groups excluding tert-OH is 1. The third kappa shape index (κ3) is 5.77. The predicted molar refractivity (Wildman–Crippen MR) is 132 cm³/mol. The van der Waals surface area contributed by atoms with E-state index in [1.54, 1.807) is 19.2 Å². The van der Waals surface area contributed by atoms with Gasteiger partial charge < -0.3 is 20.1 Å². The van der Waals surface area contributed by atoms with Gasteiger partial charge >= 0.3 is 6.09 Å². The number of piperazine rings is 1. The molecular formula is C25H32N6O4. The number of carbonyl (C=O) groups is 2. The number of amides is 2. The third-order valence-electron chi connectivity index (χ3n) is 6.44. The molecule has 1 aromatic heterocycles. The molecule has 2 aliphatic heterocycles. The zero-order valence-electron chi connectivity index (χ0n) is 20.1. The van der Waals surface area contributed by atoms with Crippen LogP contribution >= 0.6 is 0 Å². The molecule has 2 aromatic rings. The molecule has 186 valence electrons. The number of hydrogen-bond acceptors (Lipinski definition) is 8. The minimum atomic E-state index is -0.747. The highest BCUT2D eigenvalue weighted by molar-refractivity contribution is 5.89. The number of hydrogen-bond donors (Lipinski definition) is 2. The van der Waals surface area contributed by atoms with Gasteiger partial charge in [-0.3, -0.25) is 14.6 Å². The molecule has 10 heteroatoms. The Bertz CT molecular complexity index is 1050. The van der Waals surface area contributed by atoms with E-state index in [1.807, 2.05) is 11.8 Å². The maximum absolute atomic E-state index is 12.2. The van der Waals surface area contributed by atoms with Crippen LogP contribution in [0.25, 0.3) is 0 Å². The van der Waals surface area contributed by atoms with E-state index < -0.39 is 18.2 Å². The molecular weight excluding hydrogens is 448 g/mol. The van der Waals surface area contributed by atoms with E-state index in [2.05, 4.69) is 51.0 Å². The Morgan fingerprint density at radius 1 is 1.23 bits per heavy atom. The average Bonchev–Trinajstić information content (AvgIpc) is 3.26. The maximum Gasteiger partial charge on any atom is 0.416 e. The first-order chi connectivity index (χ1) is 16.9. The summed E-state index contributed by atoms with van der Waals surface area (Å²) < 4.78 is 5.09. The second-order valence-corrected chi connectivity index (χ2v) is 8.91. The fraction of sp³-hybridized carbons (Fsp3) is 0.440. The summed E-state index contributed by atoms with van der Waals surface area (Å²) in [5, 5.41) is 13.3. The van der Waals surface area contributed by atoms with Gasteiger partial charge in [0.2, 0.25) is 11.9 Å². The van der Waals surface area contributed by atoms with Crippen LogP contribution in [0.4, 0.5) is 16.6 Å². The van der Waals surface area contributed by atoms with Crippen molar-refractivity contribution in [3.05, 3.63) is 60.3 Å². The van der Waals surface area contributed by atoms with E-state index in [1.165, 1.54) is 16.5 Å². The predicted octanol–water partition coefficient (Wildman–Crippen LogP) is 2.19. The van der Waals surface area contributed by atoms with Gasteiger partial charge in [-0.25, -0.2) is 9.78 Å². The Morgan fingerprint density at radius 2 is 1.94 bits per heavy atom. The minimum absolute atomic E-state index is 0.00635. The van der Waals surface area contributed by atoms with Crippen LogP contribution in [0.15, 0.2) is 49.2 Å². The van der Waals surface area contributed by atoms with Crippen molar-refractivity contribution in [2.75, 3.05) is 43.0 Å². The van der Waals surface area contributed by atoms with E-state index >= 15 is 0 Å². The van der Waals surface area contributed by atoms with Crippen molar-refractivity contribution in [1.82, 2.24) is 19.8 Å². The smallest absolute Gasteiger partial charge is 0.416 e. The lowest BCUT2D eigenvalue weighted by atomic mass is 10.1. The molecule has 2 fully saturated rings. The highest BCUT2D eigenvalue weighted by Gasteiger charge is 2.38. The molecule has 10 nitrogen and oxygen atoms in total. The quantitative estimate of drug-likeness (QED) is 0.553. The van der Waals surface area contributed by atoms with Gasteiger partial charge in [-0.15, -0.1) is 0 Å². The standard InChI is InChI=1S/C25H32N6O4/c1-4-23(33)30-13-11-29(12-14-30)15-19-5-7-20(8-6-19)17(2)27-24-26-10-9-22(28-24)31-21(18(3)32)16-35-25(31)34/h4-10,17-18,21,32H,1,11-16H2,2-3H3,(H,26,27,28)/t17?,18?,21-/m1/s1. The van der Waals surface area contributed by atoms with Gasteiger partial charge in [0.05, 0.1) is 12.1 Å². The molecule has 3 heterocycles. The molecule has 0 bridgehead atoms. The van der Waals surface area contributed by atoms with Gasteiger partial charge in [0, 0.05) is 38.9 Å². The zero-order chi connectivity index (χ0) is 24.9. The summed E-state index contributed by atoms with van der Waals surface area (Å²) in [4.78, 5) is 38.2. The minimum Gasteiger partial charge on any atom is -0.447 e. The Kier molecular flexibility index (Phi) is 7.62. The maximum atomic E-state index is 12.2. The normalized spacial score (nSPS) is 20.3. The topological polar surface area (TPSA) is 111 Å². The first kappa shape index (κ1) is 24.6.